The van der Waals surface area contributed by atoms with Gasteiger partial charge in [-0.3, -0.25) is 9.79 Å². The number of carbonyl (C=O) groups excluding carboxylic acids is 1. The van der Waals surface area contributed by atoms with Crippen molar-refractivity contribution in [1.29, 1.82) is 0 Å². The van der Waals surface area contributed by atoms with Gasteiger partial charge in [0.05, 0.1) is 11.3 Å². The average molecular weight is 308 g/mol. The summed E-state index contributed by atoms with van der Waals surface area (Å²) in [4.78, 5) is 16.6. The van der Waals surface area contributed by atoms with Crippen LogP contribution < -0.4 is 0 Å². The standard InChI is InChI=1S/C19H20N2O2/c1-20-12-14-5-3-13(4-6-14)9-17-18-15(21-23-17)10-19(7-2-8-19)11-16(18)22/h3-6,12H,2,7-11H2,1H3. The van der Waals surface area contributed by atoms with Crippen molar-refractivity contribution in [2.45, 2.75) is 38.5 Å². The van der Waals surface area contributed by atoms with Crippen LogP contribution in [0.3, 0.4) is 0 Å². The van der Waals surface area contributed by atoms with E-state index in [-0.39, 0.29) is 11.2 Å². The average Bonchev–Trinajstić information content (AvgIpc) is 2.91. The Hall–Kier alpha value is -2.23. The maximum Gasteiger partial charge on any atom is 0.168 e. The first-order chi connectivity index (χ1) is 11.2. The molecule has 0 unspecified atom stereocenters. The normalized spacial score (nSPS) is 19.1. The molecule has 0 N–H and O–H groups in total. The Morgan fingerprint density at radius 1 is 1.26 bits per heavy atom. The fraction of sp³-hybridized carbons (Fsp3) is 0.421. The summed E-state index contributed by atoms with van der Waals surface area (Å²) >= 11 is 0. The minimum Gasteiger partial charge on any atom is -0.360 e. The largest absolute Gasteiger partial charge is 0.360 e. The highest BCUT2D eigenvalue weighted by Gasteiger charge is 2.45. The van der Waals surface area contributed by atoms with E-state index in [1.807, 2.05) is 30.5 Å². The number of nitrogens with zero attached hydrogens (tertiary/aromatic N) is 2. The van der Waals surface area contributed by atoms with Gasteiger partial charge >= 0.3 is 0 Å². The molecule has 2 aliphatic rings. The number of rotatable bonds is 3. The molecular formula is C19H20N2O2. The summed E-state index contributed by atoms with van der Waals surface area (Å²) in [6, 6.07) is 8.14. The second kappa shape index (κ2) is 5.44. The number of Topliss-reactive ketones (excluding diaryl/α,β-unsaturated/α-hetero) is 1. The fourth-order valence-corrected chi connectivity index (χ4v) is 3.85. The lowest BCUT2D eigenvalue weighted by atomic mass is 9.60. The van der Waals surface area contributed by atoms with Crippen molar-refractivity contribution in [2.75, 3.05) is 7.05 Å². The molecule has 1 heterocycles. The summed E-state index contributed by atoms with van der Waals surface area (Å²) in [5.74, 6) is 0.938. The molecule has 0 atom stereocenters. The lowest BCUT2D eigenvalue weighted by Gasteiger charge is -2.43. The number of hydrogen-bond donors (Lipinski definition) is 0. The van der Waals surface area contributed by atoms with Crippen LogP contribution >= 0.6 is 0 Å². The molecular weight excluding hydrogens is 288 g/mol. The lowest BCUT2D eigenvalue weighted by molar-refractivity contribution is 0.0706. The zero-order valence-corrected chi connectivity index (χ0v) is 13.3. The van der Waals surface area contributed by atoms with E-state index in [1.165, 1.54) is 6.42 Å². The highest BCUT2D eigenvalue weighted by molar-refractivity contribution is 5.99. The zero-order valence-electron chi connectivity index (χ0n) is 13.3. The van der Waals surface area contributed by atoms with Crippen LogP contribution in [-0.4, -0.2) is 24.2 Å². The minimum absolute atomic E-state index is 0.194. The Balaban J connectivity index is 1.58. The Morgan fingerprint density at radius 2 is 2.04 bits per heavy atom. The second-order valence-corrected chi connectivity index (χ2v) is 6.86. The molecule has 1 aromatic heterocycles. The van der Waals surface area contributed by atoms with Crippen molar-refractivity contribution >= 4 is 12.0 Å². The van der Waals surface area contributed by atoms with Crippen LogP contribution in [0, 0.1) is 5.41 Å². The molecule has 0 saturated heterocycles. The predicted molar refractivity (Wildman–Crippen MR) is 88.2 cm³/mol. The lowest BCUT2D eigenvalue weighted by Crippen LogP contribution is -2.38. The topological polar surface area (TPSA) is 55.5 Å². The predicted octanol–water partition coefficient (Wildman–Crippen LogP) is 3.61. The van der Waals surface area contributed by atoms with Crippen LogP contribution in [0.25, 0.3) is 0 Å². The number of aromatic nitrogens is 1. The maximum absolute atomic E-state index is 12.6. The van der Waals surface area contributed by atoms with Crippen LogP contribution in [0.15, 0.2) is 33.8 Å². The second-order valence-electron chi connectivity index (χ2n) is 6.86. The first-order valence-corrected chi connectivity index (χ1v) is 8.21. The molecule has 4 rings (SSSR count). The summed E-state index contributed by atoms with van der Waals surface area (Å²) in [7, 11) is 1.76. The fourth-order valence-electron chi connectivity index (χ4n) is 3.85. The van der Waals surface area contributed by atoms with Crippen molar-refractivity contribution < 1.29 is 9.32 Å². The summed E-state index contributed by atoms with van der Waals surface area (Å²) in [5, 5.41) is 4.21. The zero-order chi connectivity index (χ0) is 15.9. The Morgan fingerprint density at radius 3 is 2.70 bits per heavy atom. The molecule has 2 aromatic rings. The monoisotopic (exact) mass is 308 g/mol. The van der Waals surface area contributed by atoms with Crippen LogP contribution in [0.1, 0.15) is 58.6 Å². The molecule has 1 saturated carbocycles. The number of benzene rings is 1. The van der Waals surface area contributed by atoms with Gasteiger partial charge in [-0.1, -0.05) is 35.8 Å². The highest BCUT2D eigenvalue weighted by atomic mass is 16.5. The first-order valence-electron chi connectivity index (χ1n) is 8.21. The Labute approximate surface area is 135 Å². The van der Waals surface area contributed by atoms with E-state index in [1.54, 1.807) is 7.05 Å². The number of ketones is 1. The van der Waals surface area contributed by atoms with E-state index in [0.717, 1.165) is 47.4 Å². The number of carbonyl (C=O) groups is 1. The van der Waals surface area contributed by atoms with E-state index in [9.17, 15) is 4.79 Å². The summed E-state index contributed by atoms with van der Waals surface area (Å²) < 4.78 is 5.53. The highest BCUT2D eigenvalue weighted by Crippen LogP contribution is 2.50. The maximum atomic E-state index is 12.6. The smallest absolute Gasteiger partial charge is 0.168 e. The van der Waals surface area contributed by atoms with E-state index >= 15 is 0 Å². The first kappa shape index (κ1) is 14.4. The van der Waals surface area contributed by atoms with Gasteiger partial charge in [0.25, 0.3) is 0 Å². The summed E-state index contributed by atoms with van der Waals surface area (Å²) in [6.07, 6.45) is 7.55. The van der Waals surface area contributed by atoms with Gasteiger partial charge in [0.15, 0.2) is 11.5 Å². The van der Waals surface area contributed by atoms with Gasteiger partial charge in [0, 0.05) is 26.1 Å². The van der Waals surface area contributed by atoms with Crippen molar-refractivity contribution in [1.82, 2.24) is 5.16 Å². The van der Waals surface area contributed by atoms with Gasteiger partial charge in [-0.15, -0.1) is 0 Å². The molecule has 0 bridgehead atoms. The van der Waals surface area contributed by atoms with Crippen LogP contribution in [0.4, 0.5) is 0 Å². The van der Waals surface area contributed by atoms with E-state index < -0.39 is 0 Å². The SMILES string of the molecule is CN=Cc1ccc(Cc2onc3c2C(=O)CC2(CCC2)C3)cc1. The molecule has 4 nitrogen and oxygen atoms in total. The summed E-state index contributed by atoms with van der Waals surface area (Å²) in [5.41, 5.74) is 4.01. The molecule has 1 fully saturated rings. The van der Waals surface area contributed by atoms with Crippen molar-refractivity contribution in [3.8, 4) is 0 Å². The quantitative estimate of drug-likeness (QED) is 0.814. The van der Waals surface area contributed by atoms with Crippen LogP contribution in [-0.2, 0) is 12.8 Å². The van der Waals surface area contributed by atoms with Gasteiger partial charge in [-0.2, -0.15) is 0 Å². The van der Waals surface area contributed by atoms with E-state index in [0.29, 0.717) is 12.8 Å². The van der Waals surface area contributed by atoms with Crippen molar-refractivity contribution in [3.63, 3.8) is 0 Å². The van der Waals surface area contributed by atoms with Crippen molar-refractivity contribution in [2.24, 2.45) is 10.4 Å². The summed E-state index contributed by atoms with van der Waals surface area (Å²) in [6.45, 7) is 0. The van der Waals surface area contributed by atoms with Gasteiger partial charge in [-0.05, 0) is 35.8 Å². The van der Waals surface area contributed by atoms with Crippen LogP contribution in [0.5, 0.6) is 0 Å². The van der Waals surface area contributed by atoms with Gasteiger partial charge < -0.3 is 4.52 Å². The number of aliphatic imine (C=N–C) groups is 1. The number of hydrogen-bond acceptors (Lipinski definition) is 4. The van der Waals surface area contributed by atoms with E-state index in [2.05, 4.69) is 10.1 Å². The van der Waals surface area contributed by atoms with Crippen molar-refractivity contribution in [3.05, 3.63) is 52.4 Å². The minimum atomic E-state index is 0.194. The molecule has 23 heavy (non-hydrogen) atoms. The van der Waals surface area contributed by atoms with E-state index in [4.69, 9.17) is 4.52 Å². The third kappa shape index (κ3) is 2.52. The molecule has 1 aromatic carbocycles. The van der Waals surface area contributed by atoms with Gasteiger partial charge in [0.2, 0.25) is 0 Å². The Bertz CT molecular complexity index is 767. The molecule has 0 amide bonds. The molecule has 118 valence electrons. The number of fused-ring (bicyclic) bond motifs is 1. The van der Waals surface area contributed by atoms with Gasteiger partial charge in [0.1, 0.15) is 0 Å². The Kier molecular flexibility index (Phi) is 3.40. The molecule has 0 aliphatic heterocycles. The molecule has 0 radical (unpaired) electrons. The van der Waals surface area contributed by atoms with Gasteiger partial charge in [-0.25, -0.2) is 0 Å². The molecule has 1 spiro atoms. The molecule has 4 heteroatoms. The third-order valence-electron chi connectivity index (χ3n) is 5.23. The molecule has 2 aliphatic carbocycles. The van der Waals surface area contributed by atoms with Crippen LogP contribution in [0.2, 0.25) is 0 Å². The third-order valence-corrected chi connectivity index (χ3v) is 5.23.